The number of halogens is 1. The Labute approximate surface area is 205 Å². The standard InChI is InChI=1S/C25H19ClN6O3/c1-15-23(24(31-35-15)19-5-3-4-6-20(19)26)25(33)30-17-7-9-18(10-8-17)34-22-13-21(28-14-29-22)32-12-11-27-16(32)2/h3-14H,1-2H3,(H,30,33). The summed E-state index contributed by atoms with van der Waals surface area (Å²) in [5, 5.41) is 7.39. The van der Waals surface area contributed by atoms with Crippen LogP contribution in [0.2, 0.25) is 5.02 Å². The topological polar surface area (TPSA) is 108 Å². The Kier molecular flexibility index (Phi) is 5.99. The van der Waals surface area contributed by atoms with Crippen molar-refractivity contribution in [2.75, 3.05) is 5.32 Å². The molecule has 174 valence electrons. The van der Waals surface area contributed by atoms with Crippen molar-refractivity contribution >= 4 is 23.2 Å². The zero-order valence-electron chi connectivity index (χ0n) is 18.8. The van der Waals surface area contributed by atoms with Crippen molar-refractivity contribution < 1.29 is 14.1 Å². The van der Waals surface area contributed by atoms with E-state index in [1.807, 2.05) is 29.8 Å². The summed E-state index contributed by atoms with van der Waals surface area (Å²) in [7, 11) is 0. The van der Waals surface area contributed by atoms with E-state index in [1.165, 1.54) is 6.33 Å². The largest absolute Gasteiger partial charge is 0.439 e. The summed E-state index contributed by atoms with van der Waals surface area (Å²) in [6.45, 7) is 3.56. The quantitative estimate of drug-likeness (QED) is 0.331. The Hall–Kier alpha value is -4.50. The van der Waals surface area contributed by atoms with Gasteiger partial charge in [0.1, 0.15) is 40.7 Å². The zero-order chi connectivity index (χ0) is 24.4. The van der Waals surface area contributed by atoms with Gasteiger partial charge < -0.3 is 14.6 Å². The number of nitrogens with one attached hydrogen (secondary N) is 1. The molecule has 0 atom stereocenters. The average Bonchev–Trinajstić information content (AvgIpc) is 3.46. The summed E-state index contributed by atoms with van der Waals surface area (Å²) in [5.74, 6) is 2.41. The lowest BCUT2D eigenvalue weighted by molar-refractivity contribution is 0.102. The summed E-state index contributed by atoms with van der Waals surface area (Å²) in [4.78, 5) is 25.7. The number of benzene rings is 2. The summed E-state index contributed by atoms with van der Waals surface area (Å²) >= 11 is 6.29. The molecule has 0 aliphatic rings. The van der Waals surface area contributed by atoms with Gasteiger partial charge in [-0.25, -0.2) is 15.0 Å². The van der Waals surface area contributed by atoms with E-state index in [0.29, 0.717) is 50.7 Å². The minimum absolute atomic E-state index is 0.321. The minimum atomic E-state index is -0.358. The summed E-state index contributed by atoms with van der Waals surface area (Å²) in [6, 6.07) is 15.8. The highest BCUT2D eigenvalue weighted by Gasteiger charge is 2.23. The second kappa shape index (κ2) is 9.40. The number of rotatable bonds is 6. The Morgan fingerprint density at radius 2 is 1.86 bits per heavy atom. The van der Waals surface area contributed by atoms with Gasteiger partial charge in [0.15, 0.2) is 0 Å². The second-order valence-corrected chi connectivity index (χ2v) is 7.99. The molecule has 3 aromatic heterocycles. The van der Waals surface area contributed by atoms with E-state index in [4.69, 9.17) is 20.9 Å². The number of hydrogen-bond acceptors (Lipinski definition) is 7. The van der Waals surface area contributed by atoms with Gasteiger partial charge >= 0.3 is 0 Å². The molecule has 0 bridgehead atoms. The lowest BCUT2D eigenvalue weighted by Crippen LogP contribution is -2.13. The van der Waals surface area contributed by atoms with Crippen LogP contribution in [0.15, 0.2) is 77.8 Å². The maximum absolute atomic E-state index is 13.0. The van der Waals surface area contributed by atoms with E-state index in [-0.39, 0.29) is 5.91 Å². The molecule has 1 amide bonds. The van der Waals surface area contributed by atoms with Crippen molar-refractivity contribution in [2.45, 2.75) is 13.8 Å². The number of aromatic nitrogens is 5. The molecule has 0 radical (unpaired) electrons. The monoisotopic (exact) mass is 486 g/mol. The normalized spacial score (nSPS) is 10.8. The van der Waals surface area contributed by atoms with Gasteiger partial charge in [0.25, 0.3) is 5.91 Å². The van der Waals surface area contributed by atoms with Crippen LogP contribution in [0.4, 0.5) is 5.69 Å². The van der Waals surface area contributed by atoms with E-state index in [0.717, 1.165) is 5.82 Å². The second-order valence-electron chi connectivity index (χ2n) is 7.58. The van der Waals surface area contributed by atoms with Gasteiger partial charge in [0.05, 0.1) is 5.02 Å². The van der Waals surface area contributed by atoms with E-state index in [2.05, 4.69) is 25.4 Å². The van der Waals surface area contributed by atoms with Crippen molar-refractivity contribution in [3.05, 3.63) is 95.5 Å². The Balaban J connectivity index is 1.31. The molecule has 2 aromatic carbocycles. The highest BCUT2D eigenvalue weighted by Crippen LogP contribution is 2.31. The van der Waals surface area contributed by atoms with E-state index in [9.17, 15) is 4.79 Å². The average molecular weight is 487 g/mol. The molecule has 5 aromatic rings. The Bertz CT molecular complexity index is 1510. The van der Waals surface area contributed by atoms with Crippen LogP contribution in [0.25, 0.3) is 17.1 Å². The first-order chi connectivity index (χ1) is 17.0. The number of anilines is 1. The highest BCUT2D eigenvalue weighted by atomic mass is 35.5. The summed E-state index contributed by atoms with van der Waals surface area (Å²) in [5.41, 5.74) is 1.90. The summed E-state index contributed by atoms with van der Waals surface area (Å²) in [6.07, 6.45) is 4.94. The SMILES string of the molecule is Cc1onc(-c2ccccc2Cl)c1C(=O)Nc1ccc(Oc2cc(-n3ccnc3C)ncn2)cc1. The molecule has 0 unspecified atom stereocenters. The van der Waals surface area contributed by atoms with Gasteiger partial charge in [-0.3, -0.25) is 9.36 Å². The molecule has 0 saturated carbocycles. The van der Waals surface area contributed by atoms with Crippen LogP contribution < -0.4 is 10.1 Å². The maximum atomic E-state index is 13.0. The molecule has 1 N–H and O–H groups in total. The highest BCUT2D eigenvalue weighted by molar-refractivity contribution is 6.33. The van der Waals surface area contributed by atoms with Crippen LogP contribution in [0.1, 0.15) is 21.9 Å². The van der Waals surface area contributed by atoms with Gasteiger partial charge in [0, 0.05) is 29.7 Å². The van der Waals surface area contributed by atoms with E-state index in [1.54, 1.807) is 55.6 Å². The maximum Gasteiger partial charge on any atom is 0.261 e. The number of nitrogens with zero attached hydrogens (tertiary/aromatic N) is 5. The van der Waals surface area contributed by atoms with Crippen LogP contribution in [0.3, 0.4) is 0 Å². The minimum Gasteiger partial charge on any atom is -0.439 e. The molecule has 10 heteroatoms. The van der Waals surface area contributed by atoms with Gasteiger partial charge in [-0.1, -0.05) is 35.0 Å². The van der Waals surface area contributed by atoms with Gasteiger partial charge in [-0.2, -0.15) is 0 Å². The number of imidazole rings is 1. The van der Waals surface area contributed by atoms with Crippen LogP contribution in [0.5, 0.6) is 11.6 Å². The third-order valence-electron chi connectivity index (χ3n) is 5.25. The Morgan fingerprint density at radius 3 is 2.60 bits per heavy atom. The third-order valence-corrected chi connectivity index (χ3v) is 5.58. The van der Waals surface area contributed by atoms with Crippen LogP contribution >= 0.6 is 11.6 Å². The first-order valence-corrected chi connectivity index (χ1v) is 11.0. The molecule has 0 aliphatic carbocycles. The van der Waals surface area contributed by atoms with Crippen molar-refractivity contribution in [2.24, 2.45) is 0 Å². The fourth-order valence-electron chi connectivity index (χ4n) is 3.53. The molecule has 35 heavy (non-hydrogen) atoms. The smallest absolute Gasteiger partial charge is 0.261 e. The molecule has 0 aliphatic heterocycles. The van der Waals surface area contributed by atoms with Crippen molar-refractivity contribution in [1.82, 2.24) is 24.7 Å². The predicted octanol–water partition coefficient (Wildman–Crippen LogP) is 5.63. The number of ether oxygens (including phenoxy) is 1. The predicted molar refractivity (Wildman–Crippen MR) is 130 cm³/mol. The molecule has 5 rings (SSSR count). The van der Waals surface area contributed by atoms with Crippen molar-refractivity contribution in [1.29, 1.82) is 0 Å². The number of amides is 1. The third kappa shape index (κ3) is 4.62. The lowest BCUT2D eigenvalue weighted by Gasteiger charge is -2.09. The lowest BCUT2D eigenvalue weighted by atomic mass is 10.1. The zero-order valence-corrected chi connectivity index (χ0v) is 19.5. The molecular weight excluding hydrogens is 468 g/mol. The first kappa shape index (κ1) is 22.3. The fourth-order valence-corrected chi connectivity index (χ4v) is 3.76. The number of carbonyl (C=O) groups excluding carboxylic acids is 1. The van der Waals surface area contributed by atoms with Crippen LogP contribution in [0, 0.1) is 13.8 Å². The van der Waals surface area contributed by atoms with Crippen molar-refractivity contribution in [3.8, 4) is 28.7 Å². The number of aryl methyl sites for hydroxylation is 2. The molecular formula is C25H19ClN6O3. The number of carbonyl (C=O) groups is 1. The van der Waals surface area contributed by atoms with E-state index < -0.39 is 0 Å². The summed E-state index contributed by atoms with van der Waals surface area (Å²) < 4.78 is 13.0. The van der Waals surface area contributed by atoms with Crippen LogP contribution in [-0.2, 0) is 0 Å². The Morgan fingerprint density at radius 1 is 1.06 bits per heavy atom. The van der Waals surface area contributed by atoms with Gasteiger partial charge in [-0.15, -0.1) is 0 Å². The van der Waals surface area contributed by atoms with Gasteiger partial charge in [-0.05, 0) is 44.2 Å². The van der Waals surface area contributed by atoms with Crippen LogP contribution in [-0.4, -0.2) is 30.6 Å². The van der Waals surface area contributed by atoms with E-state index >= 15 is 0 Å². The number of hydrogen-bond donors (Lipinski definition) is 1. The fraction of sp³-hybridized carbons (Fsp3) is 0.0800. The molecule has 3 heterocycles. The molecule has 0 saturated heterocycles. The molecule has 0 spiro atoms. The first-order valence-electron chi connectivity index (χ1n) is 10.6. The molecule has 9 nitrogen and oxygen atoms in total. The van der Waals surface area contributed by atoms with Crippen molar-refractivity contribution in [3.63, 3.8) is 0 Å². The molecule has 0 fully saturated rings. The van der Waals surface area contributed by atoms with Gasteiger partial charge in [0.2, 0.25) is 5.88 Å².